The lowest BCUT2D eigenvalue weighted by Crippen LogP contribution is -2.39. The molecule has 1 fully saturated rings. The first-order valence-electron chi connectivity index (χ1n) is 6.95. The van der Waals surface area contributed by atoms with Crippen LogP contribution >= 0.6 is 0 Å². The van der Waals surface area contributed by atoms with E-state index < -0.39 is 0 Å². The van der Waals surface area contributed by atoms with Crippen molar-refractivity contribution in [3.8, 4) is 0 Å². The summed E-state index contributed by atoms with van der Waals surface area (Å²) in [5, 5.41) is 1.11. The number of hydrogen-bond acceptors (Lipinski definition) is 2. The fourth-order valence-electron chi connectivity index (χ4n) is 3.04. The molecule has 3 nitrogen and oxygen atoms in total. The van der Waals surface area contributed by atoms with E-state index in [1.165, 1.54) is 24.8 Å². The lowest BCUT2D eigenvalue weighted by atomic mass is 9.65. The van der Waals surface area contributed by atoms with Crippen LogP contribution < -0.4 is 11.3 Å². The number of fused-ring (bicyclic) bond motifs is 1. The molecule has 0 radical (unpaired) electrons. The number of benzene rings is 1. The van der Waals surface area contributed by atoms with E-state index in [9.17, 15) is 4.79 Å². The Morgan fingerprint density at radius 3 is 2.74 bits per heavy atom. The van der Waals surface area contributed by atoms with E-state index in [0.717, 1.165) is 29.4 Å². The summed E-state index contributed by atoms with van der Waals surface area (Å²) in [5.41, 5.74) is 9.25. The average molecular weight is 256 g/mol. The van der Waals surface area contributed by atoms with Gasteiger partial charge in [-0.1, -0.05) is 12.5 Å². The first-order valence-corrected chi connectivity index (χ1v) is 6.95. The lowest BCUT2D eigenvalue weighted by Gasteiger charge is -2.41. The molecule has 0 spiro atoms. The molecule has 0 atom stereocenters. The van der Waals surface area contributed by atoms with Crippen molar-refractivity contribution in [2.24, 2.45) is 11.1 Å². The van der Waals surface area contributed by atoms with E-state index >= 15 is 0 Å². The number of aromatic amines is 1. The Labute approximate surface area is 112 Å². The van der Waals surface area contributed by atoms with Gasteiger partial charge < -0.3 is 10.7 Å². The van der Waals surface area contributed by atoms with Crippen LogP contribution in [0.3, 0.4) is 0 Å². The average Bonchev–Trinajstić information content (AvgIpc) is 2.35. The van der Waals surface area contributed by atoms with Crippen molar-refractivity contribution in [3.05, 3.63) is 45.7 Å². The molecule has 3 heteroatoms. The third kappa shape index (κ3) is 2.19. The molecule has 2 aromatic rings. The van der Waals surface area contributed by atoms with Crippen molar-refractivity contribution >= 4 is 10.9 Å². The van der Waals surface area contributed by atoms with E-state index in [4.69, 9.17) is 5.73 Å². The quantitative estimate of drug-likeness (QED) is 0.886. The molecule has 0 unspecified atom stereocenters. The Morgan fingerprint density at radius 1 is 1.32 bits per heavy atom. The Bertz CT molecular complexity index is 662. The zero-order valence-electron chi connectivity index (χ0n) is 11.3. The normalized spacial score (nSPS) is 17.4. The van der Waals surface area contributed by atoms with Gasteiger partial charge in [-0.15, -0.1) is 0 Å². The summed E-state index contributed by atoms with van der Waals surface area (Å²) < 4.78 is 0. The van der Waals surface area contributed by atoms with Crippen LogP contribution in [0.25, 0.3) is 10.9 Å². The Balaban J connectivity index is 1.97. The van der Waals surface area contributed by atoms with E-state index in [-0.39, 0.29) is 5.56 Å². The summed E-state index contributed by atoms with van der Waals surface area (Å²) in [5.74, 6) is 0. The summed E-state index contributed by atoms with van der Waals surface area (Å²) in [6, 6.07) is 8.28. The first kappa shape index (κ1) is 12.4. The number of aromatic nitrogens is 1. The minimum absolute atomic E-state index is 0.00216. The predicted molar refractivity (Wildman–Crippen MR) is 78.3 cm³/mol. The summed E-state index contributed by atoms with van der Waals surface area (Å²) in [4.78, 5) is 14.5. The number of nitrogens with two attached hydrogens (primary N) is 1. The van der Waals surface area contributed by atoms with Crippen LogP contribution in [-0.4, -0.2) is 11.5 Å². The summed E-state index contributed by atoms with van der Waals surface area (Å²) in [7, 11) is 0. The summed E-state index contributed by atoms with van der Waals surface area (Å²) in [6.45, 7) is 2.62. The highest BCUT2D eigenvalue weighted by atomic mass is 16.1. The highest BCUT2D eigenvalue weighted by molar-refractivity contribution is 5.79. The molecule has 1 heterocycles. The lowest BCUT2D eigenvalue weighted by molar-refractivity contribution is 0.145. The molecule has 1 aromatic heterocycles. The van der Waals surface area contributed by atoms with E-state index in [0.29, 0.717) is 5.41 Å². The predicted octanol–water partition coefficient (Wildman–Crippen LogP) is 2.51. The van der Waals surface area contributed by atoms with Crippen LogP contribution in [-0.2, 0) is 6.42 Å². The van der Waals surface area contributed by atoms with Crippen LogP contribution in [0.2, 0.25) is 0 Å². The topological polar surface area (TPSA) is 58.9 Å². The van der Waals surface area contributed by atoms with Crippen molar-refractivity contribution in [1.82, 2.24) is 4.98 Å². The zero-order valence-corrected chi connectivity index (χ0v) is 11.3. The maximum absolute atomic E-state index is 11.6. The summed E-state index contributed by atoms with van der Waals surface area (Å²) >= 11 is 0. The molecular formula is C16H20N2O. The number of pyridine rings is 1. The van der Waals surface area contributed by atoms with Gasteiger partial charge in [0.25, 0.3) is 5.56 Å². The van der Waals surface area contributed by atoms with Crippen LogP contribution in [0, 0.1) is 12.3 Å². The molecule has 100 valence electrons. The molecule has 0 amide bonds. The molecule has 0 saturated heterocycles. The van der Waals surface area contributed by atoms with Gasteiger partial charge in [0, 0.05) is 11.1 Å². The van der Waals surface area contributed by atoms with Crippen molar-refractivity contribution in [2.75, 3.05) is 6.54 Å². The minimum atomic E-state index is -0.00216. The molecule has 3 rings (SSSR count). The van der Waals surface area contributed by atoms with Gasteiger partial charge in [0.15, 0.2) is 0 Å². The minimum Gasteiger partial charge on any atom is -0.330 e. The van der Waals surface area contributed by atoms with E-state index in [2.05, 4.69) is 17.1 Å². The van der Waals surface area contributed by atoms with Gasteiger partial charge in [0.2, 0.25) is 0 Å². The summed E-state index contributed by atoms with van der Waals surface area (Å²) in [6.07, 6.45) is 4.84. The van der Waals surface area contributed by atoms with Crippen molar-refractivity contribution in [2.45, 2.75) is 32.6 Å². The number of aryl methyl sites for hydroxylation is 1. The number of rotatable bonds is 3. The van der Waals surface area contributed by atoms with Gasteiger partial charge in [-0.2, -0.15) is 0 Å². The standard InChI is InChI=1S/C16H20N2O/c1-11-7-13-8-12(3-4-14(13)18-15(11)19)9-16(10-17)5-2-6-16/h3-4,7-8H,2,5-6,9-10,17H2,1H3,(H,18,19). The molecule has 1 aromatic carbocycles. The first-order chi connectivity index (χ1) is 9.12. The largest absolute Gasteiger partial charge is 0.330 e. The third-order valence-electron chi connectivity index (χ3n) is 4.52. The maximum Gasteiger partial charge on any atom is 0.251 e. The van der Waals surface area contributed by atoms with Gasteiger partial charge in [-0.05, 0) is 67.3 Å². The molecule has 0 bridgehead atoms. The molecule has 0 aliphatic heterocycles. The fourth-order valence-corrected chi connectivity index (χ4v) is 3.04. The zero-order chi connectivity index (χ0) is 13.5. The second-order valence-corrected chi connectivity index (χ2v) is 5.94. The maximum atomic E-state index is 11.6. The molecular weight excluding hydrogens is 236 g/mol. The van der Waals surface area contributed by atoms with E-state index in [1.807, 2.05) is 19.1 Å². The van der Waals surface area contributed by atoms with Crippen LogP contribution in [0.5, 0.6) is 0 Å². The van der Waals surface area contributed by atoms with Gasteiger partial charge in [-0.25, -0.2) is 0 Å². The smallest absolute Gasteiger partial charge is 0.251 e. The Kier molecular flexibility index (Phi) is 2.94. The molecule has 1 saturated carbocycles. The van der Waals surface area contributed by atoms with Crippen molar-refractivity contribution in [1.29, 1.82) is 0 Å². The van der Waals surface area contributed by atoms with Crippen molar-refractivity contribution in [3.63, 3.8) is 0 Å². The second kappa shape index (κ2) is 4.49. The number of H-pyrrole nitrogens is 1. The second-order valence-electron chi connectivity index (χ2n) is 5.94. The van der Waals surface area contributed by atoms with Gasteiger partial charge in [0.1, 0.15) is 0 Å². The Morgan fingerprint density at radius 2 is 2.11 bits per heavy atom. The molecule has 3 N–H and O–H groups in total. The van der Waals surface area contributed by atoms with Gasteiger partial charge in [0.05, 0.1) is 0 Å². The molecule has 19 heavy (non-hydrogen) atoms. The molecule has 1 aliphatic rings. The van der Waals surface area contributed by atoms with Crippen LogP contribution in [0.15, 0.2) is 29.1 Å². The number of hydrogen-bond donors (Lipinski definition) is 2. The van der Waals surface area contributed by atoms with Crippen molar-refractivity contribution < 1.29 is 0 Å². The fraction of sp³-hybridized carbons (Fsp3) is 0.438. The van der Waals surface area contributed by atoms with E-state index in [1.54, 1.807) is 0 Å². The Hall–Kier alpha value is -1.61. The SMILES string of the molecule is Cc1cc2cc(CC3(CN)CCC3)ccc2[nH]c1=O. The third-order valence-corrected chi connectivity index (χ3v) is 4.52. The van der Waals surface area contributed by atoms with Gasteiger partial charge in [-0.3, -0.25) is 4.79 Å². The molecule has 1 aliphatic carbocycles. The highest BCUT2D eigenvalue weighted by Crippen LogP contribution is 2.42. The number of nitrogens with one attached hydrogen (secondary N) is 1. The van der Waals surface area contributed by atoms with Crippen LogP contribution in [0.4, 0.5) is 0 Å². The van der Waals surface area contributed by atoms with Gasteiger partial charge >= 0.3 is 0 Å². The van der Waals surface area contributed by atoms with Crippen LogP contribution in [0.1, 0.15) is 30.4 Å². The highest BCUT2D eigenvalue weighted by Gasteiger charge is 2.35. The monoisotopic (exact) mass is 256 g/mol.